The second kappa shape index (κ2) is 6.14. The molecule has 3 rings (SSSR count). The Balaban J connectivity index is 1.62. The van der Waals surface area contributed by atoms with Gasteiger partial charge in [-0.3, -0.25) is 4.79 Å². The van der Waals surface area contributed by atoms with Crippen LogP contribution in [-0.2, 0) is 4.79 Å². The van der Waals surface area contributed by atoms with Crippen molar-refractivity contribution in [1.29, 1.82) is 0 Å². The predicted octanol–water partition coefficient (Wildman–Crippen LogP) is 2.95. The number of nitrogens with one attached hydrogen (secondary N) is 2. The SMILES string of the molecule is Cc1cc(C)nc(NC(=O)C2CCC3CCCCC3N2)c1. The monoisotopic (exact) mass is 287 g/mol. The van der Waals surface area contributed by atoms with Crippen LogP contribution in [0.5, 0.6) is 0 Å². The van der Waals surface area contributed by atoms with Gasteiger partial charge < -0.3 is 10.6 Å². The summed E-state index contributed by atoms with van der Waals surface area (Å²) >= 11 is 0. The molecule has 2 fully saturated rings. The zero-order valence-corrected chi connectivity index (χ0v) is 13.0. The average molecular weight is 287 g/mol. The van der Waals surface area contributed by atoms with Crippen molar-refractivity contribution >= 4 is 11.7 Å². The lowest BCUT2D eigenvalue weighted by Crippen LogP contribution is -2.53. The zero-order valence-electron chi connectivity index (χ0n) is 13.0. The molecule has 3 atom stereocenters. The number of nitrogens with zero attached hydrogens (tertiary/aromatic N) is 1. The van der Waals surface area contributed by atoms with Crippen LogP contribution in [-0.4, -0.2) is 23.0 Å². The molecule has 0 bridgehead atoms. The number of hydrogen-bond donors (Lipinski definition) is 2. The molecule has 1 aliphatic carbocycles. The molecular weight excluding hydrogens is 262 g/mol. The summed E-state index contributed by atoms with van der Waals surface area (Å²) in [7, 11) is 0. The minimum absolute atomic E-state index is 0.0630. The normalized spacial score (nSPS) is 28.8. The van der Waals surface area contributed by atoms with Gasteiger partial charge in [0.25, 0.3) is 0 Å². The van der Waals surface area contributed by atoms with Gasteiger partial charge >= 0.3 is 0 Å². The molecule has 2 aliphatic rings. The van der Waals surface area contributed by atoms with E-state index in [4.69, 9.17) is 0 Å². The summed E-state index contributed by atoms with van der Waals surface area (Å²) in [6, 6.07) is 4.42. The number of rotatable bonds is 2. The third-order valence-corrected chi connectivity index (χ3v) is 4.82. The molecule has 3 unspecified atom stereocenters. The fraction of sp³-hybridized carbons (Fsp3) is 0.647. The Labute approximate surface area is 126 Å². The molecule has 114 valence electrons. The largest absolute Gasteiger partial charge is 0.309 e. The van der Waals surface area contributed by atoms with Gasteiger partial charge in [0.05, 0.1) is 6.04 Å². The minimum Gasteiger partial charge on any atom is -0.309 e. The first-order valence-electron chi connectivity index (χ1n) is 8.14. The molecule has 0 aromatic carbocycles. The molecule has 2 N–H and O–H groups in total. The van der Waals surface area contributed by atoms with Gasteiger partial charge in [-0.05, 0) is 63.1 Å². The highest BCUT2D eigenvalue weighted by Gasteiger charge is 2.34. The van der Waals surface area contributed by atoms with Gasteiger partial charge in [-0.2, -0.15) is 0 Å². The number of aromatic nitrogens is 1. The van der Waals surface area contributed by atoms with Crippen molar-refractivity contribution in [3.63, 3.8) is 0 Å². The fourth-order valence-corrected chi connectivity index (χ4v) is 3.82. The van der Waals surface area contributed by atoms with E-state index in [1.165, 1.54) is 32.1 Å². The second-order valence-electron chi connectivity index (χ2n) is 6.61. The number of aryl methyl sites for hydroxylation is 2. The standard InChI is InChI=1S/C17H25N3O/c1-11-9-12(2)18-16(10-11)20-17(21)15-8-7-13-5-3-4-6-14(13)19-15/h9-10,13-15,19H,3-8H2,1-2H3,(H,18,20,21). The van der Waals surface area contributed by atoms with Crippen LogP contribution in [0.4, 0.5) is 5.82 Å². The topological polar surface area (TPSA) is 54.0 Å². The van der Waals surface area contributed by atoms with E-state index < -0.39 is 0 Å². The molecule has 21 heavy (non-hydrogen) atoms. The van der Waals surface area contributed by atoms with Crippen molar-refractivity contribution < 1.29 is 4.79 Å². The van der Waals surface area contributed by atoms with Gasteiger partial charge in [0.1, 0.15) is 5.82 Å². The molecule has 2 heterocycles. The number of amides is 1. The average Bonchev–Trinajstić information content (AvgIpc) is 2.45. The lowest BCUT2D eigenvalue weighted by molar-refractivity contribution is -0.119. The highest BCUT2D eigenvalue weighted by molar-refractivity contribution is 5.94. The summed E-state index contributed by atoms with van der Waals surface area (Å²) in [6.45, 7) is 3.98. The van der Waals surface area contributed by atoms with Crippen LogP contribution >= 0.6 is 0 Å². The molecule has 4 nitrogen and oxygen atoms in total. The number of hydrogen-bond acceptors (Lipinski definition) is 3. The van der Waals surface area contributed by atoms with Gasteiger partial charge in [-0.25, -0.2) is 4.98 Å². The Morgan fingerprint density at radius 2 is 2.00 bits per heavy atom. The van der Waals surface area contributed by atoms with Gasteiger partial charge in [-0.1, -0.05) is 12.8 Å². The molecule has 1 amide bonds. The quantitative estimate of drug-likeness (QED) is 0.879. The summed E-state index contributed by atoms with van der Waals surface area (Å²) < 4.78 is 0. The van der Waals surface area contributed by atoms with E-state index in [0.717, 1.165) is 23.6 Å². The fourth-order valence-electron chi connectivity index (χ4n) is 3.82. The number of carbonyl (C=O) groups excluding carboxylic acids is 1. The molecule has 0 spiro atoms. The van der Waals surface area contributed by atoms with Gasteiger partial charge in [0.2, 0.25) is 5.91 Å². The molecule has 1 aromatic rings. The highest BCUT2D eigenvalue weighted by atomic mass is 16.2. The summed E-state index contributed by atoms with van der Waals surface area (Å²) in [6.07, 6.45) is 7.31. The Kier molecular flexibility index (Phi) is 4.24. The van der Waals surface area contributed by atoms with Gasteiger partial charge in [0.15, 0.2) is 0 Å². The van der Waals surface area contributed by atoms with E-state index in [-0.39, 0.29) is 11.9 Å². The van der Waals surface area contributed by atoms with Crippen LogP contribution < -0.4 is 10.6 Å². The summed E-state index contributed by atoms with van der Waals surface area (Å²) in [5, 5.41) is 6.54. The van der Waals surface area contributed by atoms with Crippen LogP contribution in [0.2, 0.25) is 0 Å². The Bertz CT molecular complexity index is 509. The summed E-state index contributed by atoms with van der Waals surface area (Å²) in [5.74, 6) is 1.52. The van der Waals surface area contributed by atoms with Gasteiger partial charge in [0, 0.05) is 11.7 Å². The highest BCUT2D eigenvalue weighted by Crippen LogP contribution is 2.32. The van der Waals surface area contributed by atoms with Crippen molar-refractivity contribution in [2.24, 2.45) is 5.92 Å². The van der Waals surface area contributed by atoms with Crippen molar-refractivity contribution in [3.05, 3.63) is 23.4 Å². The predicted molar refractivity (Wildman–Crippen MR) is 84.2 cm³/mol. The first-order valence-corrected chi connectivity index (χ1v) is 8.14. The van der Waals surface area contributed by atoms with Crippen LogP contribution in [0.3, 0.4) is 0 Å². The Hall–Kier alpha value is -1.42. The third kappa shape index (κ3) is 3.43. The molecule has 1 aliphatic heterocycles. The zero-order chi connectivity index (χ0) is 14.8. The number of pyridine rings is 1. The molecule has 1 saturated heterocycles. The maximum atomic E-state index is 12.5. The van der Waals surface area contributed by atoms with E-state index in [9.17, 15) is 4.79 Å². The van der Waals surface area contributed by atoms with E-state index in [2.05, 4.69) is 15.6 Å². The van der Waals surface area contributed by atoms with Crippen LogP contribution in [0.25, 0.3) is 0 Å². The van der Waals surface area contributed by atoms with Crippen molar-refractivity contribution in [3.8, 4) is 0 Å². The number of piperidine rings is 1. The Morgan fingerprint density at radius 3 is 2.81 bits per heavy atom. The molecule has 1 aromatic heterocycles. The van der Waals surface area contributed by atoms with Crippen molar-refractivity contribution in [2.75, 3.05) is 5.32 Å². The van der Waals surface area contributed by atoms with E-state index >= 15 is 0 Å². The van der Waals surface area contributed by atoms with E-state index in [0.29, 0.717) is 11.9 Å². The molecule has 1 saturated carbocycles. The molecule has 0 radical (unpaired) electrons. The van der Waals surface area contributed by atoms with E-state index in [1.807, 2.05) is 26.0 Å². The third-order valence-electron chi connectivity index (χ3n) is 4.82. The van der Waals surface area contributed by atoms with E-state index in [1.54, 1.807) is 0 Å². The van der Waals surface area contributed by atoms with Crippen molar-refractivity contribution in [2.45, 2.75) is 64.5 Å². The van der Waals surface area contributed by atoms with Crippen LogP contribution in [0, 0.1) is 19.8 Å². The van der Waals surface area contributed by atoms with Gasteiger partial charge in [-0.15, -0.1) is 0 Å². The first kappa shape index (κ1) is 14.5. The lowest BCUT2D eigenvalue weighted by atomic mass is 9.77. The second-order valence-corrected chi connectivity index (χ2v) is 6.61. The maximum absolute atomic E-state index is 12.5. The smallest absolute Gasteiger partial charge is 0.242 e. The number of carbonyl (C=O) groups is 1. The number of anilines is 1. The number of fused-ring (bicyclic) bond motifs is 1. The lowest BCUT2D eigenvalue weighted by Gasteiger charge is -2.39. The maximum Gasteiger partial charge on any atom is 0.242 e. The molecular formula is C17H25N3O. The summed E-state index contributed by atoms with van der Waals surface area (Å²) in [4.78, 5) is 16.8. The van der Waals surface area contributed by atoms with Crippen LogP contribution in [0.15, 0.2) is 12.1 Å². The molecule has 4 heteroatoms. The van der Waals surface area contributed by atoms with Crippen molar-refractivity contribution in [1.82, 2.24) is 10.3 Å². The first-order chi connectivity index (χ1) is 10.1. The van der Waals surface area contributed by atoms with Crippen LogP contribution in [0.1, 0.15) is 49.8 Å². The minimum atomic E-state index is -0.0630. The Morgan fingerprint density at radius 1 is 1.19 bits per heavy atom. The summed E-state index contributed by atoms with van der Waals surface area (Å²) in [5.41, 5.74) is 2.07.